The Kier molecular flexibility index (Phi) is 9.20. The summed E-state index contributed by atoms with van der Waals surface area (Å²) in [4.78, 5) is 0. The van der Waals surface area contributed by atoms with Crippen LogP contribution in [-0.4, -0.2) is 27.4 Å². The molecule has 2 heteroatoms. The third-order valence-corrected chi connectivity index (χ3v) is 3.41. The lowest BCUT2D eigenvalue weighted by Gasteiger charge is -2.11. The van der Waals surface area contributed by atoms with Gasteiger partial charge in [0.1, 0.15) is 0 Å². The molecule has 1 rings (SSSR count). The first kappa shape index (κ1) is 18.4. The van der Waals surface area contributed by atoms with Crippen LogP contribution in [0.4, 0.5) is 0 Å². The van der Waals surface area contributed by atoms with Crippen molar-refractivity contribution in [2.45, 2.75) is 26.7 Å². The van der Waals surface area contributed by atoms with E-state index in [2.05, 4.69) is 62.4 Å². The molecule has 0 radical (unpaired) electrons. The molecule has 1 aromatic rings. The van der Waals surface area contributed by atoms with Gasteiger partial charge >= 0.3 is 0 Å². The molecule has 0 atom stereocenters. The minimum Gasteiger partial charge on any atom is -0.381 e. The molecule has 0 aliphatic heterocycles. The van der Waals surface area contributed by atoms with E-state index in [0.29, 0.717) is 13.2 Å². The monoisotopic (exact) mass is 300 g/mol. The zero-order valence-electron chi connectivity index (χ0n) is 14.3. The van der Waals surface area contributed by atoms with E-state index < -0.39 is 0 Å². The van der Waals surface area contributed by atoms with Crippen molar-refractivity contribution in [3.63, 3.8) is 0 Å². The SMILES string of the molecule is COC/C=C(\COC)C(/C=C/CCc1ccccc1)=C(C)C. The van der Waals surface area contributed by atoms with Crippen molar-refractivity contribution in [3.05, 3.63) is 70.8 Å². The van der Waals surface area contributed by atoms with Gasteiger partial charge in [0.25, 0.3) is 0 Å². The van der Waals surface area contributed by atoms with Crippen molar-refractivity contribution >= 4 is 0 Å². The van der Waals surface area contributed by atoms with Gasteiger partial charge in [-0.2, -0.15) is 0 Å². The highest BCUT2D eigenvalue weighted by Crippen LogP contribution is 2.18. The third-order valence-electron chi connectivity index (χ3n) is 3.41. The van der Waals surface area contributed by atoms with Crippen LogP contribution in [0.5, 0.6) is 0 Å². The van der Waals surface area contributed by atoms with E-state index in [1.807, 2.05) is 0 Å². The number of hydrogen-bond acceptors (Lipinski definition) is 2. The lowest BCUT2D eigenvalue weighted by Crippen LogP contribution is -2.01. The number of benzene rings is 1. The van der Waals surface area contributed by atoms with Crippen LogP contribution in [0.15, 0.2) is 65.3 Å². The van der Waals surface area contributed by atoms with Gasteiger partial charge in [-0.1, -0.05) is 54.1 Å². The molecule has 0 aromatic heterocycles. The Hall–Kier alpha value is -1.64. The van der Waals surface area contributed by atoms with Gasteiger partial charge in [0.05, 0.1) is 13.2 Å². The molecular weight excluding hydrogens is 272 g/mol. The smallest absolute Gasteiger partial charge is 0.0716 e. The third kappa shape index (κ3) is 6.88. The summed E-state index contributed by atoms with van der Waals surface area (Å²) < 4.78 is 10.5. The summed E-state index contributed by atoms with van der Waals surface area (Å²) in [6, 6.07) is 10.6. The maximum Gasteiger partial charge on any atom is 0.0716 e. The molecular formula is C20H28O2. The number of rotatable bonds is 9. The quantitative estimate of drug-likeness (QED) is 0.614. The summed E-state index contributed by atoms with van der Waals surface area (Å²) in [5.41, 5.74) is 5.08. The lowest BCUT2D eigenvalue weighted by atomic mass is 10.00. The minimum atomic E-state index is 0.604. The largest absolute Gasteiger partial charge is 0.381 e. The Balaban J connectivity index is 2.71. The lowest BCUT2D eigenvalue weighted by molar-refractivity contribution is 0.218. The molecule has 0 spiro atoms. The number of aryl methyl sites for hydroxylation is 1. The van der Waals surface area contributed by atoms with E-state index in [4.69, 9.17) is 9.47 Å². The zero-order valence-corrected chi connectivity index (χ0v) is 14.3. The van der Waals surface area contributed by atoms with Crippen molar-refractivity contribution in [3.8, 4) is 0 Å². The van der Waals surface area contributed by atoms with Gasteiger partial charge in [0.15, 0.2) is 0 Å². The van der Waals surface area contributed by atoms with E-state index in [1.54, 1.807) is 14.2 Å². The molecule has 0 aliphatic carbocycles. The van der Waals surface area contributed by atoms with E-state index >= 15 is 0 Å². The molecule has 0 unspecified atom stereocenters. The van der Waals surface area contributed by atoms with Crippen molar-refractivity contribution in [1.82, 2.24) is 0 Å². The van der Waals surface area contributed by atoms with E-state index in [9.17, 15) is 0 Å². The average Bonchev–Trinajstić information content (AvgIpc) is 2.52. The van der Waals surface area contributed by atoms with Crippen molar-refractivity contribution < 1.29 is 9.47 Å². The highest BCUT2D eigenvalue weighted by molar-refractivity contribution is 5.43. The van der Waals surface area contributed by atoms with E-state index in [1.165, 1.54) is 22.3 Å². The molecule has 120 valence electrons. The van der Waals surface area contributed by atoms with Crippen LogP contribution in [0.2, 0.25) is 0 Å². The number of ether oxygens (including phenoxy) is 2. The minimum absolute atomic E-state index is 0.604. The molecule has 0 bridgehead atoms. The molecule has 0 amide bonds. The van der Waals surface area contributed by atoms with Crippen LogP contribution in [0, 0.1) is 0 Å². The topological polar surface area (TPSA) is 18.5 Å². The summed E-state index contributed by atoms with van der Waals surface area (Å²) in [5, 5.41) is 0. The van der Waals surface area contributed by atoms with Gasteiger partial charge in [-0.15, -0.1) is 0 Å². The Labute approximate surface area is 135 Å². The Bertz CT molecular complexity index is 506. The zero-order chi connectivity index (χ0) is 16.2. The van der Waals surface area contributed by atoms with Gasteiger partial charge in [-0.25, -0.2) is 0 Å². The maximum absolute atomic E-state index is 5.32. The van der Waals surface area contributed by atoms with Crippen LogP contribution >= 0.6 is 0 Å². The van der Waals surface area contributed by atoms with Crippen LogP contribution in [-0.2, 0) is 15.9 Å². The van der Waals surface area contributed by atoms with Gasteiger partial charge in [-0.3, -0.25) is 0 Å². The summed E-state index contributed by atoms with van der Waals surface area (Å²) in [7, 11) is 3.43. The molecule has 2 nitrogen and oxygen atoms in total. The van der Waals surface area contributed by atoms with Gasteiger partial charge in [0, 0.05) is 14.2 Å². The molecule has 0 saturated carbocycles. The van der Waals surface area contributed by atoms with Crippen molar-refractivity contribution in [2.24, 2.45) is 0 Å². The van der Waals surface area contributed by atoms with Crippen LogP contribution in [0.3, 0.4) is 0 Å². The number of methoxy groups -OCH3 is 2. The van der Waals surface area contributed by atoms with Crippen LogP contribution in [0.25, 0.3) is 0 Å². The Morgan fingerprint density at radius 1 is 1.05 bits per heavy atom. The predicted molar refractivity (Wildman–Crippen MR) is 94.1 cm³/mol. The standard InChI is InChI=1S/C20H28O2/c1-17(2)20(19(16-22-4)14-15-21-3)13-9-8-12-18-10-6-5-7-11-18/h5-7,9-11,13-14H,8,12,15-16H2,1-4H3/b13-9+,19-14+. The molecule has 0 fully saturated rings. The summed E-state index contributed by atoms with van der Waals surface area (Å²) in [6.45, 7) is 5.47. The van der Waals surface area contributed by atoms with Gasteiger partial charge < -0.3 is 9.47 Å². The fourth-order valence-electron chi connectivity index (χ4n) is 2.28. The number of hydrogen-bond donors (Lipinski definition) is 0. The Morgan fingerprint density at radius 3 is 2.36 bits per heavy atom. The summed E-state index contributed by atoms with van der Waals surface area (Å²) >= 11 is 0. The van der Waals surface area contributed by atoms with Gasteiger partial charge in [-0.05, 0) is 43.4 Å². The maximum atomic E-state index is 5.32. The second-order valence-corrected chi connectivity index (χ2v) is 5.46. The first-order chi connectivity index (χ1) is 10.7. The second-order valence-electron chi connectivity index (χ2n) is 5.46. The molecule has 0 aliphatic rings. The molecule has 0 N–H and O–H groups in total. The fraction of sp³-hybridized carbons (Fsp3) is 0.400. The first-order valence-corrected chi connectivity index (χ1v) is 7.74. The van der Waals surface area contributed by atoms with E-state index in [-0.39, 0.29) is 0 Å². The first-order valence-electron chi connectivity index (χ1n) is 7.74. The fourth-order valence-corrected chi connectivity index (χ4v) is 2.28. The van der Waals surface area contributed by atoms with Crippen molar-refractivity contribution in [2.75, 3.05) is 27.4 Å². The predicted octanol–water partition coefficient (Wildman–Crippen LogP) is 4.73. The average molecular weight is 300 g/mol. The normalized spacial score (nSPS) is 11.9. The molecule has 0 heterocycles. The van der Waals surface area contributed by atoms with E-state index in [0.717, 1.165) is 12.8 Å². The van der Waals surface area contributed by atoms with Crippen LogP contribution in [0.1, 0.15) is 25.8 Å². The number of allylic oxidation sites excluding steroid dienone is 3. The van der Waals surface area contributed by atoms with Gasteiger partial charge in [0.2, 0.25) is 0 Å². The summed E-state index contributed by atoms with van der Waals surface area (Å²) in [5.74, 6) is 0. The van der Waals surface area contributed by atoms with Crippen molar-refractivity contribution in [1.29, 1.82) is 0 Å². The molecule has 22 heavy (non-hydrogen) atoms. The highest BCUT2D eigenvalue weighted by atomic mass is 16.5. The second kappa shape index (κ2) is 11.0. The Morgan fingerprint density at radius 2 is 1.77 bits per heavy atom. The molecule has 0 saturated heterocycles. The summed E-state index contributed by atoms with van der Waals surface area (Å²) in [6.07, 6.45) is 8.64. The van der Waals surface area contributed by atoms with Crippen LogP contribution < -0.4 is 0 Å². The highest BCUT2D eigenvalue weighted by Gasteiger charge is 2.04. The molecule has 1 aromatic carbocycles.